The molecule has 1 fully saturated rings. The molecule has 21 heavy (non-hydrogen) atoms. The molecule has 1 aromatic rings. The zero-order valence-corrected chi connectivity index (χ0v) is 13.9. The molecule has 1 aliphatic heterocycles. The summed E-state index contributed by atoms with van der Waals surface area (Å²) in [5, 5.41) is 7.05. The second-order valence-electron chi connectivity index (χ2n) is 6.25. The molecule has 0 bridgehead atoms. The third-order valence-corrected chi connectivity index (χ3v) is 4.87. The molecule has 116 valence electrons. The van der Waals surface area contributed by atoms with Crippen LogP contribution in [0.15, 0.2) is 16.8 Å². The second-order valence-corrected chi connectivity index (χ2v) is 7.03. The smallest absolute Gasteiger partial charge is 0.245 e. The summed E-state index contributed by atoms with van der Waals surface area (Å²) in [5.41, 5.74) is 1.32. The third-order valence-electron chi connectivity index (χ3n) is 4.16. The van der Waals surface area contributed by atoms with Gasteiger partial charge in [0, 0.05) is 25.4 Å². The van der Waals surface area contributed by atoms with Gasteiger partial charge in [0.1, 0.15) is 6.04 Å². The molecule has 2 heterocycles. The van der Waals surface area contributed by atoms with E-state index in [1.54, 1.807) is 11.3 Å². The largest absolute Gasteiger partial charge is 0.344 e. The van der Waals surface area contributed by atoms with Gasteiger partial charge in [0.2, 0.25) is 11.8 Å². The van der Waals surface area contributed by atoms with Gasteiger partial charge in [-0.25, -0.2) is 0 Å². The van der Waals surface area contributed by atoms with Crippen LogP contribution >= 0.6 is 11.3 Å². The molecule has 3 atom stereocenters. The molecule has 2 amide bonds. The lowest BCUT2D eigenvalue weighted by molar-refractivity contribution is -0.137. The summed E-state index contributed by atoms with van der Waals surface area (Å²) in [6.45, 7) is 8.24. The zero-order valence-electron chi connectivity index (χ0n) is 13.1. The summed E-state index contributed by atoms with van der Waals surface area (Å²) < 4.78 is 0. The van der Waals surface area contributed by atoms with E-state index < -0.39 is 6.04 Å². The van der Waals surface area contributed by atoms with Gasteiger partial charge in [0.15, 0.2) is 0 Å². The van der Waals surface area contributed by atoms with Crippen LogP contribution in [0.3, 0.4) is 0 Å². The average Bonchev–Trinajstić information content (AvgIpc) is 3.03. The normalized spacial score (nSPS) is 23.4. The Balaban J connectivity index is 2.09. The zero-order chi connectivity index (χ0) is 15.6. The van der Waals surface area contributed by atoms with E-state index in [4.69, 9.17) is 0 Å². The van der Waals surface area contributed by atoms with Crippen LogP contribution in [-0.2, 0) is 9.59 Å². The Morgan fingerprint density at radius 1 is 1.43 bits per heavy atom. The first kappa shape index (κ1) is 16.0. The lowest BCUT2D eigenvalue weighted by atomic mass is 10.00. The van der Waals surface area contributed by atoms with E-state index in [0.717, 1.165) is 13.0 Å². The van der Waals surface area contributed by atoms with Crippen LogP contribution in [0.2, 0.25) is 0 Å². The Kier molecular flexibility index (Phi) is 5.04. The molecule has 4 nitrogen and oxygen atoms in total. The summed E-state index contributed by atoms with van der Waals surface area (Å²) in [4.78, 5) is 26.0. The van der Waals surface area contributed by atoms with E-state index in [1.807, 2.05) is 18.7 Å². The lowest BCUT2D eigenvalue weighted by Gasteiger charge is -2.29. The van der Waals surface area contributed by atoms with E-state index in [1.165, 1.54) is 12.5 Å². The highest BCUT2D eigenvalue weighted by molar-refractivity contribution is 7.07. The summed E-state index contributed by atoms with van der Waals surface area (Å²) in [7, 11) is 0. The molecule has 1 saturated heterocycles. The number of likely N-dealkylation sites (tertiary alicyclic amines) is 1. The molecule has 5 heteroatoms. The van der Waals surface area contributed by atoms with Crippen molar-refractivity contribution >= 4 is 23.2 Å². The Morgan fingerprint density at radius 3 is 2.67 bits per heavy atom. The molecule has 0 aromatic carbocycles. The Morgan fingerprint density at radius 2 is 2.14 bits per heavy atom. The molecular weight excluding hydrogens is 284 g/mol. The number of rotatable bonds is 4. The van der Waals surface area contributed by atoms with E-state index >= 15 is 0 Å². The number of nitrogens with one attached hydrogen (secondary N) is 1. The van der Waals surface area contributed by atoms with Crippen LogP contribution < -0.4 is 5.32 Å². The number of hydrogen-bond donors (Lipinski definition) is 1. The van der Waals surface area contributed by atoms with Gasteiger partial charge in [-0.3, -0.25) is 9.59 Å². The third kappa shape index (κ3) is 3.64. The highest BCUT2D eigenvalue weighted by Gasteiger charge is 2.37. The van der Waals surface area contributed by atoms with Crippen molar-refractivity contribution in [1.82, 2.24) is 10.2 Å². The predicted octanol–water partition coefficient (Wildman–Crippen LogP) is 2.61. The number of amides is 2. The van der Waals surface area contributed by atoms with Gasteiger partial charge in [-0.2, -0.15) is 11.3 Å². The minimum atomic E-state index is -0.425. The Labute approximate surface area is 130 Å². The van der Waals surface area contributed by atoms with E-state index in [2.05, 4.69) is 29.1 Å². The van der Waals surface area contributed by atoms with Gasteiger partial charge in [0.25, 0.3) is 0 Å². The highest BCUT2D eigenvalue weighted by atomic mass is 32.1. The van der Waals surface area contributed by atoms with Crippen molar-refractivity contribution in [3.63, 3.8) is 0 Å². The lowest BCUT2D eigenvalue weighted by Crippen LogP contribution is -2.51. The fourth-order valence-electron chi connectivity index (χ4n) is 3.00. The quantitative estimate of drug-likeness (QED) is 0.929. The van der Waals surface area contributed by atoms with Crippen molar-refractivity contribution in [3.05, 3.63) is 22.4 Å². The van der Waals surface area contributed by atoms with Crippen molar-refractivity contribution in [3.8, 4) is 0 Å². The summed E-state index contributed by atoms with van der Waals surface area (Å²) >= 11 is 1.70. The van der Waals surface area contributed by atoms with Crippen LogP contribution in [0.4, 0.5) is 0 Å². The first-order chi connectivity index (χ1) is 9.90. The fourth-order valence-corrected chi connectivity index (χ4v) is 3.74. The van der Waals surface area contributed by atoms with Crippen molar-refractivity contribution in [2.45, 2.75) is 52.1 Å². The molecule has 0 saturated carbocycles. The monoisotopic (exact) mass is 308 g/mol. The molecule has 2 rings (SSSR count). The summed E-state index contributed by atoms with van der Waals surface area (Å²) in [5.74, 6) is 0.405. The van der Waals surface area contributed by atoms with Crippen LogP contribution in [0.5, 0.6) is 0 Å². The number of nitrogens with zero attached hydrogens (tertiary/aromatic N) is 1. The number of thiophene rings is 1. The first-order valence-corrected chi connectivity index (χ1v) is 8.44. The van der Waals surface area contributed by atoms with E-state index in [0.29, 0.717) is 5.92 Å². The van der Waals surface area contributed by atoms with Gasteiger partial charge in [-0.05, 0) is 41.7 Å². The maximum absolute atomic E-state index is 12.8. The molecule has 0 spiro atoms. The van der Waals surface area contributed by atoms with Crippen molar-refractivity contribution in [2.24, 2.45) is 5.92 Å². The van der Waals surface area contributed by atoms with Crippen molar-refractivity contribution in [1.29, 1.82) is 0 Å². The highest BCUT2D eigenvalue weighted by Crippen LogP contribution is 2.33. The summed E-state index contributed by atoms with van der Waals surface area (Å²) in [6.07, 6.45) is 0.993. The maximum atomic E-state index is 12.8. The maximum Gasteiger partial charge on any atom is 0.245 e. The van der Waals surface area contributed by atoms with Crippen LogP contribution in [0, 0.1) is 5.92 Å². The molecule has 1 aliphatic rings. The van der Waals surface area contributed by atoms with E-state index in [-0.39, 0.29) is 23.8 Å². The van der Waals surface area contributed by atoms with Gasteiger partial charge in [-0.1, -0.05) is 13.8 Å². The number of carbonyl (C=O) groups excluding carboxylic acids is 2. The van der Waals surface area contributed by atoms with E-state index in [9.17, 15) is 9.59 Å². The van der Waals surface area contributed by atoms with Gasteiger partial charge in [0.05, 0.1) is 0 Å². The minimum absolute atomic E-state index is 0.0467. The number of carbonyl (C=O) groups is 2. The van der Waals surface area contributed by atoms with Gasteiger partial charge in [-0.15, -0.1) is 0 Å². The van der Waals surface area contributed by atoms with Crippen molar-refractivity contribution in [2.75, 3.05) is 6.54 Å². The van der Waals surface area contributed by atoms with Crippen LogP contribution in [0.25, 0.3) is 0 Å². The topological polar surface area (TPSA) is 49.4 Å². The van der Waals surface area contributed by atoms with Crippen molar-refractivity contribution < 1.29 is 9.59 Å². The average molecular weight is 308 g/mol. The Hall–Kier alpha value is -1.36. The molecular formula is C16H24N2O2S. The minimum Gasteiger partial charge on any atom is -0.344 e. The molecule has 1 N–H and O–H groups in total. The molecule has 0 unspecified atom stereocenters. The summed E-state index contributed by atoms with van der Waals surface area (Å²) in [6, 6.07) is 1.94. The van der Waals surface area contributed by atoms with Gasteiger partial charge >= 0.3 is 0 Å². The fraction of sp³-hybridized carbons (Fsp3) is 0.625. The SMILES string of the molecule is CC(=O)N[C@H](C(=O)N1C[C@@H](c2ccsc2)C[C@H]1C)C(C)C. The number of hydrogen-bond acceptors (Lipinski definition) is 3. The molecule has 0 aliphatic carbocycles. The second kappa shape index (κ2) is 6.60. The molecule has 0 radical (unpaired) electrons. The van der Waals surface area contributed by atoms with Gasteiger partial charge < -0.3 is 10.2 Å². The standard InChI is InChI=1S/C16H24N2O2S/c1-10(2)15(17-12(4)19)16(20)18-8-14(7-11(18)3)13-5-6-21-9-13/h5-6,9-11,14-15H,7-8H2,1-4H3,(H,17,19)/t11-,14+,15+/m1/s1. The predicted molar refractivity (Wildman–Crippen MR) is 85.3 cm³/mol. The van der Waals surface area contributed by atoms with Crippen LogP contribution in [0.1, 0.15) is 45.6 Å². The molecule has 1 aromatic heterocycles. The Bertz CT molecular complexity index is 498. The van der Waals surface area contributed by atoms with Crippen LogP contribution in [-0.4, -0.2) is 35.3 Å². The first-order valence-electron chi connectivity index (χ1n) is 7.49.